The van der Waals surface area contributed by atoms with Crippen LogP contribution < -0.4 is 19.9 Å². The smallest absolute Gasteiger partial charge is 0.229 e. The summed E-state index contributed by atoms with van der Waals surface area (Å²) in [5, 5.41) is 2.90. The minimum atomic E-state index is -0.454. The van der Waals surface area contributed by atoms with Crippen LogP contribution in [0.4, 0.5) is 17.1 Å². The second-order valence-corrected chi connectivity index (χ2v) is 7.27. The molecule has 0 saturated carbocycles. The van der Waals surface area contributed by atoms with Crippen LogP contribution in [0.5, 0.6) is 5.75 Å². The molecule has 1 atom stereocenters. The van der Waals surface area contributed by atoms with E-state index in [2.05, 4.69) is 5.32 Å². The van der Waals surface area contributed by atoms with Gasteiger partial charge in [0.25, 0.3) is 0 Å². The Bertz CT molecular complexity index is 959. The van der Waals surface area contributed by atoms with Gasteiger partial charge in [0.05, 0.1) is 18.7 Å². The van der Waals surface area contributed by atoms with Crippen molar-refractivity contribution in [3.63, 3.8) is 0 Å². The van der Waals surface area contributed by atoms with Gasteiger partial charge in [-0.15, -0.1) is 0 Å². The molecule has 4 rings (SSSR count). The average molecular weight is 393 g/mol. The molecule has 2 fully saturated rings. The van der Waals surface area contributed by atoms with E-state index in [1.165, 1.54) is 0 Å². The summed E-state index contributed by atoms with van der Waals surface area (Å²) >= 11 is 0. The lowest BCUT2D eigenvalue weighted by Gasteiger charge is -2.19. The van der Waals surface area contributed by atoms with E-state index in [-0.39, 0.29) is 24.1 Å². The fourth-order valence-corrected chi connectivity index (χ4v) is 3.89. The summed E-state index contributed by atoms with van der Waals surface area (Å²) in [6.45, 7) is 0.997. The number of amides is 3. The number of ether oxygens (including phenoxy) is 1. The van der Waals surface area contributed by atoms with Crippen LogP contribution in [-0.4, -0.2) is 37.9 Å². The Morgan fingerprint density at radius 1 is 1.07 bits per heavy atom. The van der Waals surface area contributed by atoms with Crippen molar-refractivity contribution in [2.24, 2.45) is 5.92 Å². The Labute approximate surface area is 169 Å². The summed E-state index contributed by atoms with van der Waals surface area (Å²) < 4.78 is 5.34. The number of hydrogen-bond donors (Lipinski definition) is 1. The van der Waals surface area contributed by atoms with Crippen LogP contribution in [0, 0.1) is 5.92 Å². The summed E-state index contributed by atoms with van der Waals surface area (Å²) in [6, 6.07) is 14.6. The third kappa shape index (κ3) is 3.81. The molecule has 2 aromatic carbocycles. The summed E-state index contributed by atoms with van der Waals surface area (Å²) in [7, 11) is 1.56. The van der Waals surface area contributed by atoms with Gasteiger partial charge in [0.15, 0.2) is 0 Å². The number of para-hydroxylation sites is 2. The lowest BCUT2D eigenvalue weighted by atomic mass is 10.1. The predicted molar refractivity (Wildman–Crippen MR) is 110 cm³/mol. The molecule has 2 saturated heterocycles. The van der Waals surface area contributed by atoms with Crippen molar-refractivity contribution in [2.45, 2.75) is 19.3 Å². The maximum absolute atomic E-state index is 12.8. The number of benzene rings is 2. The van der Waals surface area contributed by atoms with Gasteiger partial charge in [-0.1, -0.05) is 18.2 Å². The van der Waals surface area contributed by atoms with E-state index in [9.17, 15) is 14.4 Å². The number of carbonyl (C=O) groups excluding carboxylic acids is 3. The summed E-state index contributed by atoms with van der Waals surface area (Å²) in [4.78, 5) is 40.6. The SMILES string of the molecule is COc1ccccc1N1CC(C(=O)Nc2cccc(N3CCCC3=O)c2)CC1=O. The van der Waals surface area contributed by atoms with Gasteiger partial charge >= 0.3 is 0 Å². The largest absolute Gasteiger partial charge is 0.495 e. The van der Waals surface area contributed by atoms with E-state index < -0.39 is 5.92 Å². The highest BCUT2D eigenvalue weighted by molar-refractivity contribution is 6.04. The third-order valence-electron chi connectivity index (χ3n) is 5.37. The highest BCUT2D eigenvalue weighted by Gasteiger charge is 2.36. The minimum Gasteiger partial charge on any atom is -0.495 e. The van der Waals surface area contributed by atoms with Crippen molar-refractivity contribution in [3.8, 4) is 5.75 Å². The Morgan fingerprint density at radius 2 is 1.90 bits per heavy atom. The number of nitrogens with zero attached hydrogens (tertiary/aromatic N) is 2. The Morgan fingerprint density at radius 3 is 2.66 bits per heavy atom. The fourth-order valence-electron chi connectivity index (χ4n) is 3.89. The van der Waals surface area contributed by atoms with Gasteiger partial charge < -0.3 is 19.9 Å². The topological polar surface area (TPSA) is 79.0 Å². The average Bonchev–Trinajstić information content (AvgIpc) is 3.33. The zero-order valence-corrected chi connectivity index (χ0v) is 16.3. The molecular formula is C22H23N3O4. The number of nitrogens with one attached hydrogen (secondary N) is 1. The van der Waals surface area contributed by atoms with Gasteiger partial charge in [-0.3, -0.25) is 14.4 Å². The van der Waals surface area contributed by atoms with Gasteiger partial charge in [0.2, 0.25) is 17.7 Å². The second kappa shape index (κ2) is 7.95. The second-order valence-electron chi connectivity index (χ2n) is 7.27. The van der Waals surface area contributed by atoms with Gasteiger partial charge in [-0.05, 0) is 36.8 Å². The van der Waals surface area contributed by atoms with Crippen LogP contribution in [0.3, 0.4) is 0 Å². The third-order valence-corrected chi connectivity index (χ3v) is 5.37. The summed E-state index contributed by atoms with van der Waals surface area (Å²) in [5.41, 5.74) is 2.07. The lowest BCUT2D eigenvalue weighted by Crippen LogP contribution is -2.28. The normalized spacial score (nSPS) is 19.0. The molecule has 7 nitrogen and oxygen atoms in total. The minimum absolute atomic E-state index is 0.0994. The first kappa shape index (κ1) is 19.0. The van der Waals surface area contributed by atoms with Crippen molar-refractivity contribution < 1.29 is 19.1 Å². The number of rotatable bonds is 5. The molecule has 3 amide bonds. The number of hydrogen-bond acceptors (Lipinski definition) is 4. The van der Waals surface area contributed by atoms with Crippen LogP contribution in [0.25, 0.3) is 0 Å². The molecule has 1 unspecified atom stereocenters. The van der Waals surface area contributed by atoms with E-state index in [0.717, 1.165) is 12.1 Å². The molecule has 0 spiro atoms. The van der Waals surface area contributed by atoms with Crippen LogP contribution in [0.1, 0.15) is 19.3 Å². The maximum atomic E-state index is 12.8. The zero-order chi connectivity index (χ0) is 20.4. The molecule has 0 aliphatic carbocycles. The molecule has 2 aliphatic rings. The predicted octanol–water partition coefficient (Wildman–Crippen LogP) is 2.81. The highest BCUT2D eigenvalue weighted by atomic mass is 16.5. The van der Waals surface area contributed by atoms with E-state index >= 15 is 0 Å². The van der Waals surface area contributed by atoms with Gasteiger partial charge in [0.1, 0.15) is 5.75 Å². The first-order chi connectivity index (χ1) is 14.1. The highest BCUT2D eigenvalue weighted by Crippen LogP contribution is 2.33. The Hall–Kier alpha value is -3.35. The van der Waals surface area contributed by atoms with Crippen molar-refractivity contribution in [3.05, 3.63) is 48.5 Å². The van der Waals surface area contributed by atoms with E-state index in [0.29, 0.717) is 36.6 Å². The van der Waals surface area contributed by atoms with E-state index in [1.807, 2.05) is 30.3 Å². The molecule has 1 N–H and O–H groups in total. The molecule has 29 heavy (non-hydrogen) atoms. The van der Waals surface area contributed by atoms with Gasteiger partial charge in [-0.2, -0.15) is 0 Å². The molecule has 2 aromatic rings. The molecule has 150 valence electrons. The van der Waals surface area contributed by atoms with Gasteiger partial charge in [-0.25, -0.2) is 0 Å². The maximum Gasteiger partial charge on any atom is 0.229 e. The van der Waals surface area contributed by atoms with E-state index in [4.69, 9.17) is 4.74 Å². The van der Waals surface area contributed by atoms with Crippen LogP contribution in [0.15, 0.2) is 48.5 Å². The van der Waals surface area contributed by atoms with Crippen LogP contribution in [0.2, 0.25) is 0 Å². The lowest BCUT2D eigenvalue weighted by molar-refractivity contribution is -0.122. The van der Waals surface area contributed by atoms with Crippen molar-refractivity contribution in [1.82, 2.24) is 0 Å². The van der Waals surface area contributed by atoms with E-state index in [1.54, 1.807) is 35.1 Å². The first-order valence-corrected chi connectivity index (χ1v) is 9.71. The molecule has 0 aromatic heterocycles. The first-order valence-electron chi connectivity index (χ1n) is 9.71. The summed E-state index contributed by atoms with van der Waals surface area (Å²) in [5.74, 6) is -0.0663. The standard InChI is InChI=1S/C22H23N3O4/c1-29-19-9-3-2-8-18(19)25-14-15(12-21(25)27)22(28)23-16-6-4-7-17(13-16)24-11-5-10-20(24)26/h2-4,6-9,13,15H,5,10-12,14H2,1H3,(H,23,28). The van der Waals surface area contributed by atoms with Crippen molar-refractivity contribution >= 4 is 34.8 Å². The number of carbonyl (C=O) groups is 3. The molecule has 7 heteroatoms. The van der Waals surface area contributed by atoms with Gasteiger partial charge in [0, 0.05) is 37.3 Å². The Kier molecular flexibility index (Phi) is 5.20. The number of anilines is 3. The van der Waals surface area contributed by atoms with Crippen molar-refractivity contribution in [1.29, 1.82) is 0 Å². The fraction of sp³-hybridized carbons (Fsp3) is 0.318. The zero-order valence-electron chi connectivity index (χ0n) is 16.3. The van der Waals surface area contributed by atoms with Crippen LogP contribution in [-0.2, 0) is 14.4 Å². The Balaban J connectivity index is 1.46. The number of methoxy groups -OCH3 is 1. The molecular weight excluding hydrogens is 370 g/mol. The quantitative estimate of drug-likeness (QED) is 0.847. The van der Waals surface area contributed by atoms with Crippen molar-refractivity contribution in [2.75, 3.05) is 35.3 Å². The summed E-state index contributed by atoms with van der Waals surface area (Å²) in [6.07, 6.45) is 1.55. The molecule has 2 heterocycles. The molecule has 0 radical (unpaired) electrons. The molecule has 2 aliphatic heterocycles. The van der Waals surface area contributed by atoms with Crippen LogP contribution >= 0.6 is 0 Å². The monoisotopic (exact) mass is 393 g/mol. The molecule has 0 bridgehead atoms.